The summed E-state index contributed by atoms with van der Waals surface area (Å²) in [7, 11) is 0. The van der Waals surface area contributed by atoms with E-state index in [1.165, 1.54) is 0 Å². The molecule has 0 spiro atoms. The number of aromatic amines is 1. The lowest BCUT2D eigenvalue weighted by Crippen LogP contribution is -2.49. The molecule has 1 atom stereocenters. The Bertz CT molecular complexity index is 1210. The van der Waals surface area contributed by atoms with Crippen molar-refractivity contribution in [3.63, 3.8) is 0 Å². The smallest absolute Gasteiger partial charge is 0.360 e. The van der Waals surface area contributed by atoms with Crippen molar-refractivity contribution in [2.45, 2.75) is 41.0 Å². The maximum absolute atomic E-state index is 12.6. The normalized spacial score (nSPS) is 13.2. The first-order valence-electron chi connectivity index (χ1n) is 8.41. The Morgan fingerprint density at radius 3 is 2.27 bits per heavy atom. The van der Waals surface area contributed by atoms with Crippen LogP contribution in [0.25, 0.3) is 22.0 Å². The molecule has 1 unspecified atom stereocenters. The summed E-state index contributed by atoms with van der Waals surface area (Å²) in [6.07, 6.45) is 2.85. The van der Waals surface area contributed by atoms with Crippen molar-refractivity contribution >= 4 is 16.5 Å². The molecule has 1 N–H and O–H groups in total. The Morgan fingerprint density at radius 1 is 1.12 bits per heavy atom. The van der Waals surface area contributed by atoms with Crippen LogP contribution >= 0.6 is 0 Å². The van der Waals surface area contributed by atoms with Crippen LogP contribution < -0.4 is 27.2 Å². The van der Waals surface area contributed by atoms with Gasteiger partial charge in [0.05, 0.1) is 5.39 Å². The quantitative estimate of drug-likeness (QED) is 0.500. The molecule has 0 aliphatic rings. The molecule has 0 saturated carbocycles. The first-order valence-corrected chi connectivity index (χ1v) is 8.41. The Balaban J connectivity index is 3.04. The van der Waals surface area contributed by atoms with Crippen molar-refractivity contribution in [3.05, 3.63) is 69.1 Å². The average molecular weight is 355 g/mol. The molecular formula is C19H21N3O4. The largest absolute Gasteiger partial charge is 0.413 e. The highest BCUT2D eigenvalue weighted by atomic mass is 16.2. The highest BCUT2D eigenvalue weighted by Crippen LogP contribution is 2.24. The number of pyridine rings is 1. The third-order valence-corrected chi connectivity index (χ3v) is 4.42. The Labute approximate surface area is 149 Å². The average Bonchev–Trinajstić information content (AvgIpc) is 2.54. The van der Waals surface area contributed by atoms with Crippen LogP contribution in [-0.2, 0) is 0 Å². The van der Waals surface area contributed by atoms with E-state index in [9.17, 15) is 19.2 Å². The van der Waals surface area contributed by atoms with Gasteiger partial charge in [-0.1, -0.05) is 26.8 Å². The number of rotatable bonds is 4. The van der Waals surface area contributed by atoms with Gasteiger partial charge in [-0.05, 0) is 43.2 Å². The topological polar surface area (TPSA) is 120 Å². The van der Waals surface area contributed by atoms with E-state index in [2.05, 4.69) is 23.6 Å². The highest BCUT2D eigenvalue weighted by molar-refractivity contribution is 5.92. The number of fused-ring (bicyclic) bond motifs is 1. The SMILES string of the molecule is CC(=CC(C)CC(C)C)c1c(C)c(=O)[nH]c2c(=O)c(=O)c(=[N+]=[N-])c(=O)c12. The van der Waals surface area contributed by atoms with Crippen molar-refractivity contribution < 1.29 is 4.79 Å². The standard InChI is InChI=1S/C19H21N3O4/c1-8(2)6-9(3)7-10(4)12-11(5)19(26)21-14-13(12)16(23)15(22-20)18(25)17(14)24/h7-9H,6H2,1-5H3,(H,21,26). The van der Waals surface area contributed by atoms with Gasteiger partial charge in [0.2, 0.25) is 0 Å². The Morgan fingerprint density at radius 2 is 1.73 bits per heavy atom. The summed E-state index contributed by atoms with van der Waals surface area (Å²) in [4.78, 5) is 54.1. The van der Waals surface area contributed by atoms with E-state index < -0.39 is 27.2 Å². The summed E-state index contributed by atoms with van der Waals surface area (Å²) in [6.45, 7) is 9.51. The lowest BCUT2D eigenvalue weighted by atomic mass is 9.92. The number of aromatic nitrogens is 1. The number of H-pyrrole nitrogens is 1. The van der Waals surface area contributed by atoms with E-state index in [-0.39, 0.29) is 22.4 Å². The second kappa shape index (κ2) is 7.14. The zero-order valence-corrected chi connectivity index (χ0v) is 15.5. The van der Waals surface area contributed by atoms with Gasteiger partial charge < -0.3 is 10.5 Å². The van der Waals surface area contributed by atoms with E-state index in [0.29, 0.717) is 17.1 Å². The summed E-state index contributed by atoms with van der Waals surface area (Å²) in [5.74, 6) is 0.656. The van der Waals surface area contributed by atoms with Crippen LogP contribution in [0.3, 0.4) is 0 Å². The summed E-state index contributed by atoms with van der Waals surface area (Å²) in [6, 6.07) is 0. The summed E-state index contributed by atoms with van der Waals surface area (Å²) in [5, 5.41) is -0.928. The molecule has 0 bridgehead atoms. The molecule has 0 fully saturated rings. The van der Waals surface area contributed by atoms with Crippen LogP contribution in [0.15, 0.2) is 25.3 Å². The Hall–Kier alpha value is -2.92. The lowest BCUT2D eigenvalue weighted by Gasteiger charge is -2.13. The van der Waals surface area contributed by atoms with Crippen LogP contribution in [0.5, 0.6) is 0 Å². The molecule has 1 aromatic carbocycles. The minimum Gasteiger partial charge on any atom is -0.360 e. The molecule has 2 aromatic rings. The third-order valence-electron chi connectivity index (χ3n) is 4.42. The van der Waals surface area contributed by atoms with Crippen LogP contribution in [0, 0.1) is 18.8 Å². The number of nitrogens with zero attached hydrogens (tertiary/aromatic N) is 2. The van der Waals surface area contributed by atoms with E-state index >= 15 is 0 Å². The van der Waals surface area contributed by atoms with Gasteiger partial charge in [-0.25, -0.2) is 0 Å². The number of benzene rings is 1. The third kappa shape index (κ3) is 3.26. The van der Waals surface area contributed by atoms with Crippen LogP contribution in [0.4, 0.5) is 0 Å². The van der Waals surface area contributed by atoms with Gasteiger partial charge in [0.25, 0.3) is 16.4 Å². The number of nitrogens with one attached hydrogen (secondary N) is 1. The molecule has 7 nitrogen and oxygen atoms in total. The monoisotopic (exact) mass is 355 g/mol. The molecule has 7 heteroatoms. The molecule has 136 valence electrons. The maximum Gasteiger partial charge on any atom is 0.413 e. The first kappa shape index (κ1) is 19.4. The van der Waals surface area contributed by atoms with E-state index in [1.807, 2.05) is 13.0 Å². The minimum absolute atomic E-state index is 0.0926. The van der Waals surface area contributed by atoms with Gasteiger partial charge in [0.15, 0.2) is 0 Å². The molecular weight excluding hydrogens is 334 g/mol. The second-order valence-electron chi connectivity index (χ2n) is 7.10. The maximum atomic E-state index is 12.6. The molecule has 0 radical (unpaired) electrons. The zero-order chi connectivity index (χ0) is 19.8. The fourth-order valence-electron chi connectivity index (χ4n) is 3.44. The Kier molecular flexibility index (Phi) is 5.33. The molecule has 1 aromatic heterocycles. The molecule has 2 rings (SSSR count). The minimum atomic E-state index is -1.23. The fraction of sp³-hybridized carbons (Fsp3) is 0.421. The van der Waals surface area contributed by atoms with Gasteiger partial charge in [-0.3, -0.25) is 19.2 Å². The lowest BCUT2D eigenvalue weighted by molar-refractivity contribution is -0.0681. The summed E-state index contributed by atoms with van der Waals surface area (Å²) in [5.41, 5.74) is 6.17. The second-order valence-corrected chi connectivity index (χ2v) is 7.10. The van der Waals surface area contributed by atoms with Crippen LogP contribution in [0.2, 0.25) is 0 Å². The number of allylic oxidation sites excluding steroid dienone is 2. The van der Waals surface area contributed by atoms with Crippen molar-refractivity contribution in [2.24, 2.45) is 11.8 Å². The predicted octanol–water partition coefficient (Wildman–Crippen LogP) is 1.01. The summed E-state index contributed by atoms with van der Waals surface area (Å²) < 4.78 is 0. The van der Waals surface area contributed by atoms with Crippen molar-refractivity contribution in [3.8, 4) is 0 Å². The van der Waals surface area contributed by atoms with Crippen LogP contribution in [-0.4, -0.2) is 9.77 Å². The summed E-state index contributed by atoms with van der Waals surface area (Å²) >= 11 is 0. The van der Waals surface area contributed by atoms with E-state index in [4.69, 9.17) is 5.53 Å². The van der Waals surface area contributed by atoms with Crippen LogP contribution in [0.1, 0.15) is 45.2 Å². The first-order chi connectivity index (χ1) is 12.1. The molecule has 1 heterocycles. The zero-order valence-electron chi connectivity index (χ0n) is 15.5. The van der Waals surface area contributed by atoms with Gasteiger partial charge in [-0.15, -0.1) is 0 Å². The number of hydrogen-bond donors (Lipinski definition) is 1. The van der Waals surface area contributed by atoms with E-state index in [0.717, 1.165) is 6.42 Å². The molecule has 26 heavy (non-hydrogen) atoms. The van der Waals surface area contributed by atoms with Crippen molar-refractivity contribution in [2.75, 3.05) is 0 Å². The van der Waals surface area contributed by atoms with Crippen molar-refractivity contribution in [1.82, 2.24) is 4.98 Å². The van der Waals surface area contributed by atoms with Gasteiger partial charge in [-0.2, -0.15) is 4.79 Å². The van der Waals surface area contributed by atoms with E-state index in [1.54, 1.807) is 13.8 Å². The predicted molar refractivity (Wildman–Crippen MR) is 99.5 cm³/mol. The highest BCUT2D eigenvalue weighted by Gasteiger charge is 2.22. The fourth-order valence-corrected chi connectivity index (χ4v) is 3.44. The van der Waals surface area contributed by atoms with Crippen molar-refractivity contribution in [1.29, 1.82) is 0 Å². The molecule has 0 saturated heterocycles. The van der Waals surface area contributed by atoms with Gasteiger partial charge >= 0.3 is 10.8 Å². The van der Waals surface area contributed by atoms with Gasteiger partial charge in [0, 0.05) is 5.56 Å². The molecule has 0 aliphatic carbocycles. The molecule has 0 aliphatic heterocycles. The van der Waals surface area contributed by atoms with Gasteiger partial charge in [0.1, 0.15) is 5.52 Å². The number of hydrogen-bond acceptors (Lipinski definition) is 4. The molecule has 0 amide bonds.